The van der Waals surface area contributed by atoms with Gasteiger partial charge in [0, 0.05) is 6.54 Å². The maximum atomic E-state index is 12.7. The van der Waals surface area contributed by atoms with Crippen molar-refractivity contribution < 1.29 is 16.8 Å². The highest BCUT2D eigenvalue weighted by Crippen LogP contribution is 2.29. The molecule has 0 unspecified atom stereocenters. The molecule has 0 atom stereocenters. The Bertz CT molecular complexity index is 1060. The normalized spacial score (nSPS) is 16.7. The van der Waals surface area contributed by atoms with Gasteiger partial charge in [0.1, 0.15) is 0 Å². The number of anilines is 2. The number of nitrogens with one attached hydrogen (secondary N) is 1. The number of aryl methyl sites for hydroxylation is 3. The summed E-state index contributed by atoms with van der Waals surface area (Å²) in [4.78, 5) is 0.230. The van der Waals surface area contributed by atoms with Crippen LogP contribution in [0.1, 0.15) is 23.1 Å². The Balaban J connectivity index is 1.91. The summed E-state index contributed by atoms with van der Waals surface area (Å²) in [7, 11) is -6.98. The molecule has 0 bridgehead atoms. The summed E-state index contributed by atoms with van der Waals surface area (Å²) in [6.45, 7) is 5.88. The summed E-state index contributed by atoms with van der Waals surface area (Å²) in [5.41, 5.74) is 3.33. The topological polar surface area (TPSA) is 83.6 Å². The molecule has 3 rings (SSSR count). The summed E-state index contributed by atoms with van der Waals surface area (Å²) in [5, 5.41) is 0. The average molecular weight is 395 g/mol. The zero-order chi connectivity index (χ0) is 19.1. The van der Waals surface area contributed by atoms with E-state index < -0.39 is 20.0 Å². The molecule has 0 aliphatic carbocycles. The van der Waals surface area contributed by atoms with Crippen LogP contribution < -0.4 is 9.03 Å². The Kier molecular flexibility index (Phi) is 4.74. The summed E-state index contributed by atoms with van der Waals surface area (Å²) in [6, 6.07) is 10.1. The Morgan fingerprint density at radius 1 is 1.00 bits per heavy atom. The fourth-order valence-electron chi connectivity index (χ4n) is 3.15. The summed E-state index contributed by atoms with van der Waals surface area (Å²) < 4.78 is 53.5. The Labute approximate surface area is 155 Å². The van der Waals surface area contributed by atoms with Crippen LogP contribution >= 0.6 is 0 Å². The molecule has 0 saturated carbocycles. The molecule has 0 spiro atoms. The van der Waals surface area contributed by atoms with E-state index in [0.29, 0.717) is 35.5 Å². The molecule has 1 N–H and O–H groups in total. The van der Waals surface area contributed by atoms with Gasteiger partial charge in [0.2, 0.25) is 10.0 Å². The second-order valence-corrected chi connectivity index (χ2v) is 10.3. The van der Waals surface area contributed by atoms with E-state index in [1.165, 1.54) is 4.31 Å². The molecule has 1 aliphatic heterocycles. The fourth-order valence-corrected chi connectivity index (χ4v) is 6.06. The maximum absolute atomic E-state index is 12.7. The van der Waals surface area contributed by atoms with Gasteiger partial charge in [-0.2, -0.15) is 0 Å². The zero-order valence-electron chi connectivity index (χ0n) is 15.0. The van der Waals surface area contributed by atoms with Crippen LogP contribution in [0.4, 0.5) is 11.4 Å². The highest BCUT2D eigenvalue weighted by atomic mass is 32.2. The van der Waals surface area contributed by atoms with Crippen LogP contribution in [0.3, 0.4) is 0 Å². The van der Waals surface area contributed by atoms with Crippen molar-refractivity contribution in [2.75, 3.05) is 21.3 Å². The minimum absolute atomic E-state index is 0.146. The molecule has 2 aromatic carbocycles. The van der Waals surface area contributed by atoms with Crippen LogP contribution in [0, 0.1) is 20.8 Å². The van der Waals surface area contributed by atoms with Gasteiger partial charge >= 0.3 is 0 Å². The number of hydrogen-bond acceptors (Lipinski definition) is 4. The van der Waals surface area contributed by atoms with Gasteiger partial charge in [0.25, 0.3) is 10.0 Å². The van der Waals surface area contributed by atoms with E-state index in [1.54, 1.807) is 44.2 Å². The Morgan fingerprint density at radius 2 is 1.73 bits per heavy atom. The summed E-state index contributed by atoms with van der Waals surface area (Å²) in [6.07, 6.45) is 0.600. The monoisotopic (exact) mass is 394 g/mol. The molecule has 6 nitrogen and oxygen atoms in total. The van der Waals surface area contributed by atoms with Crippen LogP contribution in [0.15, 0.2) is 41.3 Å². The van der Waals surface area contributed by atoms with Crippen LogP contribution in [0.2, 0.25) is 0 Å². The van der Waals surface area contributed by atoms with Crippen LogP contribution in [0.5, 0.6) is 0 Å². The lowest BCUT2D eigenvalue weighted by Crippen LogP contribution is -2.25. The maximum Gasteiger partial charge on any atom is 0.262 e. The molecule has 2 aromatic rings. The van der Waals surface area contributed by atoms with E-state index in [1.807, 2.05) is 13.0 Å². The van der Waals surface area contributed by atoms with Crippen LogP contribution in [0.25, 0.3) is 0 Å². The van der Waals surface area contributed by atoms with Crippen LogP contribution in [-0.2, 0) is 20.0 Å². The van der Waals surface area contributed by atoms with Gasteiger partial charge < -0.3 is 0 Å². The zero-order valence-corrected chi connectivity index (χ0v) is 16.6. The fraction of sp³-hybridized carbons (Fsp3) is 0.333. The van der Waals surface area contributed by atoms with Crippen molar-refractivity contribution in [2.45, 2.75) is 32.1 Å². The predicted molar refractivity (Wildman–Crippen MR) is 104 cm³/mol. The third-order valence-corrected chi connectivity index (χ3v) is 7.86. The Hall–Kier alpha value is -2.06. The highest BCUT2D eigenvalue weighted by molar-refractivity contribution is 7.93. The summed E-state index contributed by atoms with van der Waals surface area (Å²) in [5.74, 6) is 0.146. The van der Waals surface area contributed by atoms with Crippen molar-refractivity contribution in [3.8, 4) is 0 Å². The Morgan fingerprint density at radius 3 is 2.31 bits per heavy atom. The van der Waals surface area contributed by atoms with E-state index in [0.717, 1.165) is 5.56 Å². The number of benzene rings is 2. The van der Waals surface area contributed by atoms with Gasteiger partial charge in [0.05, 0.1) is 22.0 Å². The van der Waals surface area contributed by atoms with Crippen molar-refractivity contribution in [3.05, 3.63) is 53.1 Å². The van der Waals surface area contributed by atoms with Crippen molar-refractivity contribution in [1.82, 2.24) is 0 Å². The van der Waals surface area contributed by atoms with E-state index in [-0.39, 0.29) is 10.6 Å². The van der Waals surface area contributed by atoms with E-state index >= 15 is 0 Å². The molecule has 0 radical (unpaired) electrons. The quantitative estimate of drug-likeness (QED) is 0.864. The molecule has 1 heterocycles. The van der Waals surface area contributed by atoms with Gasteiger partial charge in [-0.15, -0.1) is 0 Å². The van der Waals surface area contributed by atoms with Crippen molar-refractivity contribution in [1.29, 1.82) is 0 Å². The third kappa shape index (κ3) is 3.57. The van der Waals surface area contributed by atoms with Gasteiger partial charge in [-0.05, 0) is 62.6 Å². The minimum atomic E-state index is -3.72. The first-order valence-corrected chi connectivity index (χ1v) is 11.4. The van der Waals surface area contributed by atoms with Crippen molar-refractivity contribution >= 4 is 31.4 Å². The predicted octanol–water partition coefficient (Wildman–Crippen LogP) is 2.95. The van der Waals surface area contributed by atoms with E-state index in [4.69, 9.17) is 0 Å². The molecule has 0 aromatic heterocycles. The van der Waals surface area contributed by atoms with Crippen molar-refractivity contribution in [3.63, 3.8) is 0 Å². The van der Waals surface area contributed by atoms with Gasteiger partial charge in [-0.3, -0.25) is 9.03 Å². The molecule has 26 heavy (non-hydrogen) atoms. The highest BCUT2D eigenvalue weighted by Gasteiger charge is 2.28. The molecular weight excluding hydrogens is 372 g/mol. The SMILES string of the molecule is Cc1ccc(S(=O)(=O)Nc2ccc(N3CCCS3(=O)=O)cc2C)c(C)c1. The third-order valence-electron chi connectivity index (χ3n) is 4.46. The number of rotatable bonds is 4. The molecule has 8 heteroatoms. The van der Waals surface area contributed by atoms with Gasteiger partial charge in [-0.1, -0.05) is 17.7 Å². The van der Waals surface area contributed by atoms with E-state index in [2.05, 4.69) is 4.72 Å². The molecule has 1 saturated heterocycles. The first-order valence-electron chi connectivity index (χ1n) is 8.31. The summed E-state index contributed by atoms with van der Waals surface area (Å²) >= 11 is 0. The first-order chi connectivity index (χ1) is 12.1. The van der Waals surface area contributed by atoms with Crippen LogP contribution in [-0.4, -0.2) is 29.1 Å². The largest absolute Gasteiger partial charge is 0.279 e. The average Bonchev–Trinajstić information content (AvgIpc) is 2.88. The number of hydrogen-bond donors (Lipinski definition) is 1. The lowest BCUT2D eigenvalue weighted by atomic mass is 10.2. The van der Waals surface area contributed by atoms with Gasteiger partial charge in [0.15, 0.2) is 0 Å². The lowest BCUT2D eigenvalue weighted by Gasteiger charge is -2.19. The number of nitrogens with zero attached hydrogens (tertiary/aromatic N) is 1. The second kappa shape index (κ2) is 6.59. The van der Waals surface area contributed by atoms with Gasteiger partial charge in [-0.25, -0.2) is 16.8 Å². The molecule has 140 valence electrons. The minimum Gasteiger partial charge on any atom is -0.279 e. The van der Waals surface area contributed by atoms with Crippen molar-refractivity contribution in [2.24, 2.45) is 0 Å². The molecule has 1 fully saturated rings. The first kappa shape index (κ1) is 18.7. The smallest absolute Gasteiger partial charge is 0.262 e. The number of sulfonamides is 2. The molecule has 0 amide bonds. The lowest BCUT2D eigenvalue weighted by molar-refractivity contribution is 0.598. The second-order valence-electron chi connectivity index (χ2n) is 6.62. The molecular formula is C18H22N2O4S2. The molecule has 1 aliphatic rings. The van der Waals surface area contributed by atoms with E-state index in [9.17, 15) is 16.8 Å². The standard InChI is InChI=1S/C18H22N2O4S2/c1-13-5-8-18(15(3)11-13)26(23,24)19-17-7-6-16(12-14(17)2)20-9-4-10-25(20,21)22/h5-8,11-12,19H,4,9-10H2,1-3H3.